The molecule has 116 valence electrons. The normalized spacial score (nSPS) is 14.2. The number of rotatable bonds is 8. The van der Waals surface area contributed by atoms with Crippen molar-refractivity contribution in [2.75, 3.05) is 20.6 Å². The first kappa shape index (κ1) is 17.2. The average molecular weight is 302 g/mol. The number of sulfonamides is 1. The van der Waals surface area contributed by atoms with Gasteiger partial charge in [0, 0.05) is 37.1 Å². The molecule has 1 atom stereocenters. The highest BCUT2D eigenvalue weighted by atomic mass is 32.2. The Labute approximate surface area is 122 Å². The minimum Gasteiger partial charge on any atom is -0.363 e. The molecule has 0 aliphatic carbocycles. The van der Waals surface area contributed by atoms with Crippen molar-refractivity contribution in [2.24, 2.45) is 0 Å². The Morgan fingerprint density at radius 2 is 1.95 bits per heavy atom. The fourth-order valence-corrected chi connectivity index (χ4v) is 3.16. The van der Waals surface area contributed by atoms with Crippen LogP contribution in [-0.2, 0) is 16.6 Å². The lowest BCUT2D eigenvalue weighted by Gasteiger charge is -2.17. The van der Waals surface area contributed by atoms with Gasteiger partial charge in [0.25, 0.3) is 0 Å². The van der Waals surface area contributed by atoms with E-state index in [9.17, 15) is 8.42 Å². The van der Waals surface area contributed by atoms with E-state index in [0.29, 0.717) is 19.1 Å². The predicted molar refractivity (Wildman–Crippen MR) is 81.1 cm³/mol. The Balaban J connectivity index is 2.68. The zero-order valence-electron chi connectivity index (χ0n) is 12.9. The highest BCUT2D eigenvalue weighted by molar-refractivity contribution is 7.89. The van der Waals surface area contributed by atoms with Gasteiger partial charge in [-0.1, -0.05) is 13.8 Å². The Hall–Kier alpha value is -0.890. The van der Waals surface area contributed by atoms with Crippen molar-refractivity contribution in [3.05, 3.63) is 18.0 Å². The van der Waals surface area contributed by atoms with Crippen molar-refractivity contribution in [3.63, 3.8) is 0 Å². The molecule has 1 rings (SSSR count). The van der Waals surface area contributed by atoms with Crippen LogP contribution in [0.1, 0.15) is 26.5 Å². The summed E-state index contributed by atoms with van der Waals surface area (Å²) in [6.07, 6.45) is 1.53. The van der Waals surface area contributed by atoms with Crippen LogP contribution < -0.4 is 10.0 Å². The molecule has 1 heterocycles. The van der Waals surface area contributed by atoms with E-state index in [1.165, 1.54) is 6.20 Å². The van der Waals surface area contributed by atoms with Gasteiger partial charge in [-0.2, -0.15) is 0 Å². The average Bonchev–Trinajstić information content (AvgIpc) is 2.73. The molecule has 0 saturated heterocycles. The van der Waals surface area contributed by atoms with Crippen LogP contribution in [0.4, 0.5) is 0 Å². The van der Waals surface area contributed by atoms with Gasteiger partial charge in [-0.15, -0.1) is 0 Å². The molecule has 0 amide bonds. The highest BCUT2D eigenvalue weighted by Gasteiger charge is 2.19. The summed E-state index contributed by atoms with van der Waals surface area (Å²) in [4.78, 5) is 5.22. The summed E-state index contributed by atoms with van der Waals surface area (Å²) in [5.74, 6) is 0. The molecule has 20 heavy (non-hydrogen) atoms. The van der Waals surface area contributed by atoms with Gasteiger partial charge in [0.15, 0.2) is 0 Å². The lowest BCUT2D eigenvalue weighted by molar-refractivity contribution is 0.370. The molecule has 0 spiro atoms. The number of nitrogens with one attached hydrogen (secondary N) is 3. The SMILES string of the molecule is CC(C)NCc1cc(S(=O)(=O)NC(C)CN(C)C)c[nH]1. The molecule has 0 aromatic carbocycles. The molecular weight excluding hydrogens is 276 g/mol. The van der Waals surface area contributed by atoms with Crippen molar-refractivity contribution >= 4 is 10.0 Å². The maximum atomic E-state index is 12.2. The number of hydrogen-bond acceptors (Lipinski definition) is 4. The number of hydrogen-bond donors (Lipinski definition) is 3. The highest BCUT2D eigenvalue weighted by Crippen LogP contribution is 2.11. The summed E-state index contributed by atoms with van der Waals surface area (Å²) >= 11 is 0. The Bertz CT molecular complexity index is 508. The monoisotopic (exact) mass is 302 g/mol. The van der Waals surface area contributed by atoms with Crippen molar-refractivity contribution in [3.8, 4) is 0 Å². The minimum absolute atomic E-state index is 0.137. The second-order valence-corrected chi connectivity index (χ2v) is 7.39. The molecule has 7 heteroatoms. The third-order valence-corrected chi connectivity index (χ3v) is 4.29. The van der Waals surface area contributed by atoms with E-state index in [4.69, 9.17) is 0 Å². The molecular formula is C13H26N4O2S. The van der Waals surface area contributed by atoms with Crippen molar-refractivity contribution in [1.82, 2.24) is 19.9 Å². The van der Waals surface area contributed by atoms with E-state index in [1.807, 2.05) is 39.8 Å². The second kappa shape index (κ2) is 7.21. The van der Waals surface area contributed by atoms with Crippen LogP contribution >= 0.6 is 0 Å². The molecule has 0 aliphatic rings. The lowest BCUT2D eigenvalue weighted by Crippen LogP contribution is -2.39. The Morgan fingerprint density at radius 1 is 1.30 bits per heavy atom. The smallest absolute Gasteiger partial charge is 0.242 e. The first-order valence-electron chi connectivity index (χ1n) is 6.78. The van der Waals surface area contributed by atoms with Crippen LogP contribution in [0.25, 0.3) is 0 Å². The fraction of sp³-hybridized carbons (Fsp3) is 0.692. The summed E-state index contributed by atoms with van der Waals surface area (Å²) in [6, 6.07) is 1.89. The molecule has 1 unspecified atom stereocenters. The first-order chi connectivity index (χ1) is 9.20. The van der Waals surface area contributed by atoms with Gasteiger partial charge in [0.05, 0.1) is 4.90 Å². The van der Waals surface area contributed by atoms with E-state index < -0.39 is 10.0 Å². The largest absolute Gasteiger partial charge is 0.363 e. The van der Waals surface area contributed by atoms with Crippen LogP contribution in [0.2, 0.25) is 0 Å². The molecule has 0 saturated carbocycles. The summed E-state index contributed by atoms with van der Waals surface area (Å²) in [5, 5.41) is 3.24. The van der Waals surface area contributed by atoms with Gasteiger partial charge < -0.3 is 15.2 Å². The van der Waals surface area contributed by atoms with E-state index >= 15 is 0 Å². The van der Waals surface area contributed by atoms with Gasteiger partial charge >= 0.3 is 0 Å². The van der Waals surface area contributed by atoms with E-state index in [0.717, 1.165) is 5.69 Å². The van der Waals surface area contributed by atoms with Gasteiger partial charge in [-0.3, -0.25) is 0 Å². The maximum absolute atomic E-state index is 12.2. The van der Waals surface area contributed by atoms with E-state index in [2.05, 4.69) is 15.0 Å². The predicted octanol–water partition coefficient (Wildman–Crippen LogP) is 0.741. The molecule has 3 N–H and O–H groups in total. The van der Waals surface area contributed by atoms with Crippen molar-refractivity contribution in [1.29, 1.82) is 0 Å². The fourth-order valence-electron chi connectivity index (χ4n) is 1.91. The van der Waals surface area contributed by atoms with Gasteiger partial charge in [0.1, 0.15) is 0 Å². The summed E-state index contributed by atoms with van der Waals surface area (Å²) in [6.45, 7) is 7.23. The third-order valence-electron chi connectivity index (χ3n) is 2.72. The molecule has 6 nitrogen and oxygen atoms in total. The Morgan fingerprint density at radius 3 is 2.50 bits per heavy atom. The number of nitrogens with zero attached hydrogens (tertiary/aromatic N) is 1. The molecule has 0 fully saturated rings. The molecule has 0 aliphatic heterocycles. The van der Waals surface area contributed by atoms with E-state index in [1.54, 1.807) is 6.07 Å². The number of aromatic amines is 1. The second-order valence-electron chi connectivity index (χ2n) is 5.68. The van der Waals surface area contributed by atoms with Crippen molar-refractivity contribution in [2.45, 2.75) is 44.3 Å². The van der Waals surface area contributed by atoms with Gasteiger partial charge in [-0.25, -0.2) is 13.1 Å². The number of aromatic nitrogens is 1. The summed E-state index contributed by atoms with van der Waals surface area (Å²) < 4.78 is 27.1. The quantitative estimate of drug-likeness (QED) is 0.662. The number of likely N-dealkylation sites (N-methyl/N-ethyl adjacent to an activating group) is 1. The molecule has 0 radical (unpaired) electrons. The topological polar surface area (TPSA) is 77.2 Å². The lowest BCUT2D eigenvalue weighted by atomic mass is 10.3. The van der Waals surface area contributed by atoms with Gasteiger partial charge in [-0.05, 0) is 27.1 Å². The van der Waals surface area contributed by atoms with Crippen molar-refractivity contribution < 1.29 is 8.42 Å². The van der Waals surface area contributed by atoms with Crippen LogP contribution in [-0.4, -0.2) is 51.0 Å². The van der Waals surface area contributed by atoms with E-state index in [-0.39, 0.29) is 10.9 Å². The maximum Gasteiger partial charge on any atom is 0.242 e. The standard InChI is InChI=1S/C13H26N4O2S/c1-10(2)14-7-12-6-13(8-15-12)20(18,19)16-11(3)9-17(4)5/h6,8,10-11,14-16H,7,9H2,1-5H3. The number of H-pyrrole nitrogens is 1. The van der Waals surface area contributed by atoms with Crippen LogP contribution in [0.3, 0.4) is 0 Å². The third kappa shape index (κ3) is 5.62. The van der Waals surface area contributed by atoms with Crippen LogP contribution in [0.15, 0.2) is 17.2 Å². The zero-order valence-corrected chi connectivity index (χ0v) is 13.7. The summed E-state index contributed by atoms with van der Waals surface area (Å²) in [7, 11) is 0.368. The molecule has 0 bridgehead atoms. The van der Waals surface area contributed by atoms with Crippen LogP contribution in [0, 0.1) is 0 Å². The summed E-state index contributed by atoms with van der Waals surface area (Å²) in [5.41, 5.74) is 0.860. The minimum atomic E-state index is -3.46. The first-order valence-corrected chi connectivity index (χ1v) is 8.26. The molecule has 1 aromatic heterocycles. The van der Waals surface area contributed by atoms with Gasteiger partial charge in [0.2, 0.25) is 10.0 Å². The Kier molecular flexibility index (Phi) is 6.19. The van der Waals surface area contributed by atoms with Crippen LogP contribution in [0.5, 0.6) is 0 Å². The molecule has 1 aromatic rings. The zero-order chi connectivity index (χ0) is 15.3.